The van der Waals surface area contributed by atoms with Gasteiger partial charge in [0, 0.05) is 22.2 Å². The van der Waals surface area contributed by atoms with E-state index in [0.717, 1.165) is 30.6 Å². The zero-order chi connectivity index (χ0) is 23.0. The van der Waals surface area contributed by atoms with E-state index in [1.165, 1.54) is 0 Å². The molecule has 5 nitrogen and oxygen atoms in total. The molecule has 0 bridgehead atoms. The van der Waals surface area contributed by atoms with Gasteiger partial charge in [0.05, 0.1) is 13.0 Å². The molecule has 0 saturated heterocycles. The second kappa shape index (κ2) is 11.1. The van der Waals surface area contributed by atoms with Gasteiger partial charge < -0.3 is 10.1 Å². The minimum absolute atomic E-state index is 0.124. The maximum Gasteiger partial charge on any atom is 0.248 e. The number of hydrogen-bond acceptors (Lipinski definition) is 4. The number of amides is 2. The van der Waals surface area contributed by atoms with Crippen LogP contribution in [0.1, 0.15) is 49.1 Å². The SMILES string of the molecule is CCOc1ccccc1C(C(=O)NC1CCCC1)N(C(=O)Cc1cccs1)c1ccccc1. The van der Waals surface area contributed by atoms with Crippen LogP contribution in [-0.4, -0.2) is 24.5 Å². The Kier molecular flexibility index (Phi) is 7.79. The molecule has 1 aliphatic carbocycles. The molecule has 6 heteroatoms. The van der Waals surface area contributed by atoms with Gasteiger partial charge in [-0.2, -0.15) is 0 Å². The van der Waals surface area contributed by atoms with E-state index in [1.807, 2.05) is 79.0 Å². The lowest BCUT2D eigenvalue weighted by Crippen LogP contribution is -2.47. The third-order valence-corrected chi connectivity index (χ3v) is 6.81. The molecule has 4 rings (SSSR count). The summed E-state index contributed by atoms with van der Waals surface area (Å²) < 4.78 is 5.89. The van der Waals surface area contributed by atoms with Gasteiger partial charge in [-0.25, -0.2) is 0 Å². The van der Waals surface area contributed by atoms with Gasteiger partial charge in [-0.1, -0.05) is 55.3 Å². The first-order valence-electron chi connectivity index (χ1n) is 11.6. The maximum atomic E-state index is 13.8. The number of thiophene rings is 1. The fourth-order valence-electron chi connectivity index (χ4n) is 4.41. The summed E-state index contributed by atoms with van der Waals surface area (Å²) in [6.07, 6.45) is 4.41. The second-order valence-electron chi connectivity index (χ2n) is 8.22. The van der Waals surface area contributed by atoms with E-state index in [1.54, 1.807) is 16.2 Å². The molecule has 1 aromatic heterocycles. The van der Waals surface area contributed by atoms with Crippen molar-refractivity contribution in [3.8, 4) is 5.75 Å². The third kappa shape index (κ3) is 5.63. The molecule has 3 aromatic rings. The summed E-state index contributed by atoms with van der Waals surface area (Å²) in [5, 5.41) is 5.19. The topological polar surface area (TPSA) is 58.6 Å². The Morgan fingerprint density at radius 3 is 2.45 bits per heavy atom. The highest BCUT2D eigenvalue weighted by Crippen LogP contribution is 2.35. The zero-order valence-electron chi connectivity index (χ0n) is 18.9. The maximum absolute atomic E-state index is 13.8. The largest absolute Gasteiger partial charge is 0.493 e. The average Bonchev–Trinajstić information content (AvgIpc) is 3.53. The molecule has 0 radical (unpaired) electrons. The van der Waals surface area contributed by atoms with E-state index >= 15 is 0 Å². The van der Waals surface area contributed by atoms with E-state index in [4.69, 9.17) is 4.74 Å². The fourth-order valence-corrected chi connectivity index (χ4v) is 5.11. The van der Waals surface area contributed by atoms with Crippen molar-refractivity contribution >= 4 is 28.8 Å². The van der Waals surface area contributed by atoms with Crippen LogP contribution >= 0.6 is 11.3 Å². The van der Waals surface area contributed by atoms with Crippen molar-refractivity contribution in [1.82, 2.24) is 5.32 Å². The van der Waals surface area contributed by atoms with Crippen molar-refractivity contribution < 1.29 is 14.3 Å². The van der Waals surface area contributed by atoms with Crippen molar-refractivity contribution in [2.45, 2.75) is 51.1 Å². The molecule has 1 saturated carbocycles. The summed E-state index contributed by atoms with van der Waals surface area (Å²) in [4.78, 5) is 30.2. The molecule has 1 heterocycles. The van der Waals surface area contributed by atoms with Crippen LogP contribution in [0.2, 0.25) is 0 Å². The first kappa shape index (κ1) is 23.1. The van der Waals surface area contributed by atoms with E-state index < -0.39 is 6.04 Å². The highest BCUT2D eigenvalue weighted by molar-refractivity contribution is 7.10. The summed E-state index contributed by atoms with van der Waals surface area (Å²) in [5.41, 5.74) is 1.38. The lowest BCUT2D eigenvalue weighted by molar-refractivity contribution is -0.127. The highest BCUT2D eigenvalue weighted by Gasteiger charge is 2.36. The zero-order valence-corrected chi connectivity index (χ0v) is 19.7. The highest BCUT2D eigenvalue weighted by atomic mass is 32.1. The Morgan fingerprint density at radius 2 is 1.76 bits per heavy atom. The van der Waals surface area contributed by atoms with Crippen molar-refractivity contribution in [2.75, 3.05) is 11.5 Å². The van der Waals surface area contributed by atoms with Crippen LogP contribution in [0, 0.1) is 0 Å². The van der Waals surface area contributed by atoms with Gasteiger partial charge in [-0.15, -0.1) is 11.3 Å². The molecule has 0 aliphatic heterocycles. The molecule has 1 fully saturated rings. The smallest absolute Gasteiger partial charge is 0.248 e. The van der Waals surface area contributed by atoms with Gasteiger partial charge in [0.1, 0.15) is 11.8 Å². The third-order valence-electron chi connectivity index (χ3n) is 5.93. The summed E-state index contributed by atoms with van der Waals surface area (Å²) in [6, 6.07) is 20.2. The minimum atomic E-state index is -0.830. The number of ether oxygens (including phenoxy) is 1. The van der Waals surface area contributed by atoms with Gasteiger partial charge in [0.25, 0.3) is 0 Å². The standard InChI is InChI=1S/C27H30N2O3S/c1-2-32-24-17-9-8-16-23(24)26(27(31)28-20-11-6-7-12-20)29(21-13-4-3-5-14-21)25(30)19-22-15-10-18-33-22/h3-5,8-10,13-18,20,26H,2,6-7,11-12,19H2,1H3,(H,28,31). The first-order valence-corrected chi connectivity index (χ1v) is 12.5. The Hall–Kier alpha value is -3.12. The van der Waals surface area contributed by atoms with Crippen molar-refractivity contribution in [3.63, 3.8) is 0 Å². The summed E-state index contributed by atoms with van der Waals surface area (Å²) in [5.74, 6) is 0.329. The Labute approximate surface area is 199 Å². The first-order chi connectivity index (χ1) is 16.2. The van der Waals surface area contributed by atoms with E-state index in [0.29, 0.717) is 23.6 Å². The number of benzene rings is 2. The summed E-state index contributed by atoms with van der Waals surface area (Å²) in [7, 11) is 0. The van der Waals surface area contributed by atoms with Crippen molar-refractivity contribution in [3.05, 3.63) is 82.6 Å². The molecule has 0 spiro atoms. The van der Waals surface area contributed by atoms with Crippen LogP contribution in [0.15, 0.2) is 72.1 Å². The van der Waals surface area contributed by atoms with Gasteiger partial charge in [0.15, 0.2) is 0 Å². The van der Waals surface area contributed by atoms with Gasteiger partial charge in [-0.3, -0.25) is 14.5 Å². The average molecular weight is 463 g/mol. The van der Waals surface area contributed by atoms with E-state index in [2.05, 4.69) is 5.32 Å². The van der Waals surface area contributed by atoms with Crippen molar-refractivity contribution in [1.29, 1.82) is 0 Å². The van der Waals surface area contributed by atoms with E-state index in [-0.39, 0.29) is 24.3 Å². The number of anilines is 1. The number of nitrogens with one attached hydrogen (secondary N) is 1. The van der Waals surface area contributed by atoms with E-state index in [9.17, 15) is 9.59 Å². The number of rotatable bonds is 9. The summed E-state index contributed by atoms with van der Waals surface area (Å²) >= 11 is 1.54. The summed E-state index contributed by atoms with van der Waals surface area (Å²) in [6.45, 7) is 2.39. The number of hydrogen-bond donors (Lipinski definition) is 1. The molecule has 1 unspecified atom stereocenters. The quantitative estimate of drug-likeness (QED) is 0.455. The van der Waals surface area contributed by atoms with Crippen LogP contribution < -0.4 is 15.0 Å². The number of para-hydroxylation sites is 2. The predicted octanol–water partition coefficient (Wildman–Crippen LogP) is 5.52. The molecular formula is C27H30N2O3S. The van der Waals surface area contributed by atoms with Gasteiger partial charge >= 0.3 is 0 Å². The molecular weight excluding hydrogens is 432 g/mol. The van der Waals surface area contributed by atoms with Crippen LogP contribution in [0.3, 0.4) is 0 Å². The molecule has 1 atom stereocenters. The van der Waals surface area contributed by atoms with Crippen LogP contribution in [0.4, 0.5) is 5.69 Å². The normalized spacial score (nSPS) is 14.6. The van der Waals surface area contributed by atoms with Gasteiger partial charge in [0.2, 0.25) is 11.8 Å². The lowest BCUT2D eigenvalue weighted by Gasteiger charge is -2.33. The molecule has 2 aromatic carbocycles. The van der Waals surface area contributed by atoms with Crippen LogP contribution in [0.25, 0.3) is 0 Å². The molecule has 2 amide bonds. The van der Waals surface area contributed by atoms with Crippen LogP contribution in [0.5, 0.6) is 5.75 Å². The van der Waals surface area contributed by atoms with Gasteiger partial charge in [-0.05, 0) is 49.4 Å². The molecule has 33 heavy (non-hydrogen) atoms. The molecule has 1 N–H and O–H groups in total. The second-order valence-corrected chi connectivity index (χ2v) is 9.25. The molecule has 1 aliphatic rings. The van der Waals surface area contributed by atoms with Crippen LogP contribution in [-0.2, 0) is 16.0 Å². The number of carbonyl (C=O) groups excluding carboxylic acids is 2. The Bertz CT molecular complexity index is 1050. The molecule has 172 valence electrons. The number of carbonyl (C=O) groups is 2. The Balaban J connectivity index is 1.78. The Morgan fingerprint density at radius 1 is 1.03 bits per heavy atom. The van der Waals surface area contributed by atoms with Crippen molar-refractivity contribution in [2.24, 2.45) is 0 Å². The lowest BCUT2D eigenvalue weighted by atomic mass is 10.0. The number of nitrogens with zero attached hydrogens (tertiary/aromatic N) is 1. The predicted molar refractivity (Wildman–Crippen MR) is 133 cm³/mol. The monoisotopic (exact) mass is 462 g/mol. The minimum Gasteiger partial charge on any atom is -0.493 e. The fraction of sp³-hybridized carbons (Fsp3) is 0.333.